The monoisotopic (exact) mass is 262 g/mol. The van der Waals surface area contributed by atoms with Gasteiger partial charge in [-0.1, -0.05) is 19.1 Å². The number of rotatable bonds is 4. The van der Waals surface area contributed by atoms with Gasteiger partial charge < -0.3 is 14.9 Å². The number of phenolic OH excluding ortho intramolecular Hbond substituents is 1. The average molecular weight is 262 g/mol. The zero-order valence-corrected chi connectivity index (χ0v) is 10.4. The van der Waals surface area contributed by atoms with E-state index in [1.807, 2.05) is 0 Å². The van der Waals surface area contributed by atoms with E-state index in [0.717, 1.165) is 0 Å². The topological polar surface area (TPSA) is 84.5 Å². The van der Waals surface area contributed by atoms with Crippen molar-refractivity contribution in [3.8, 4) is 16.9 Å². The number of nitrogens with zero attached hydrogens (tertiary/aromatic N) is 1. The van der Waals surface area contributed by atoms with Crippen molar-refractivity contribution in [2.24, 2.45) is 0 Å². The molecule has 100 valence electrons. The van der Waals surface area contributed by atoms with Gasteiger partial charge in [-0.2, -0.15) is 4.74 Å². The third-order valence-corrected chi connectivity index (χ3v) is 2.62. The van der Waals surface area contributed by atoms with Crippen molar-refractivity contribution in [3.05, 3.63) is 40.9 Å². The highest BCUT2D eigenvalue weighted by molar-refractivity contribution is 5.75. The molecule has 0 spiro atoms. The molecule has 0 bridgehead atoms. The lowest BCUT2D eigenvalue weighted by Crippen LogP contribution is -2.24. The van der Waals surface area contributed by atoms with Gasteiger partial charge in [-0.25, -0.2) is 4.79 Å². The van der Waals surface area contributed by atoms with Gasteiger partial charge in [-0.05, 0) is 17.7 Å². The molecule has 6 nitrogen and oxygen atoms in total. The highest BCUT2D eigenvalue weighted by atomic mass is 16.5. The zero-order valence-electron chi connectivity index (χ0n) is 10.4. The summed E-state index contributed by atoms with van der Waals surface area (Å²) in [4.78, 5) is 22.8. The van der Waals surface area contributed by atoms with Crippen molar-refractivity contribution in [3.63, 3.8) is 0 Å². The van der Waals surface area contributed by atoms with Crippen molar-refractivity contribution >= 4 is 5.91 Å². The summed E-state index contributed by atoms with van der Waals surface area (Å²) >= 11 is 0. The van der Waals surface area contributed by atoms with E-state index in [2.05, 4.69) is 5.32 Å². The first-order valence-corrected chi connectivity index (χ1v) is 5.87. The summed E-state index contributed by atoms with van der Waals surface area (Å²) in [5, 5.41) is 11.8. The molecule has 0 atom stereocenters. The second-order valence-electron chi connectivity index (χ2n) is 4.00. The minimum Gasteiger partial charge on any atom is -0.508 e. The number of benzene rings is 1. The minimum absolute atomic E-state index is 0.111. The Balaban J connectivity index is 2.19. The molecule has 0 radical (unpaired) electrons. The van der Waals surface area contributed by atoms with Crippen LogP contribution in [0.2, 0.25) is 0 Å². The van der Waals surface area contributed by atoms with E-state index in [4.69, 9.17) is 4.52 Å². The van der Waals surface area contributed by atoms with E-state index in [-0.39, 0.29) is 18.3 Å². The maximum absolute atomic E-state index is 11.7. The first kappa shape index (κ1) is 12.9. The molecule has 0 aliphatic carbocycles. The Bertz CT molecular complexity index is 625. The molecule has 0 fully saturated rings. The Morgan fingerprint density at radius 2 is 2.05 bits per heavy atom. The Labute approximate surface area is 109 Å². The number of aromatic nitrogens is 1. The van der Waals surface area contributed by atoms with Crippen LogP contribution in [0.5, 0.6) is 5.75 Å². The Morgan fingerprint density at radius 1 is 1.37 bits per heavy atom. The molecule has 0 saturated carbocycles. The average Bonchev–Trinajstić information content (AvgIpc) is 2.78. The molecule has 19 heavy (non-hydrogen) atoms. The molecular formula is C13H14N2O4. The summed E-state index contributed by atoms with van der Waals surface area (Å²) in [6.45, 7) is 1.85. The SMILES string of the molecule is CCC(=O)NCn1cc(-c2ccc(O)cc2)c(=O)o1. The molecule has 1 aromatic heterocycles. The number of hydrogen-bond acceptors (Lipinski definition) is 4. The lowest BCUT2D eigenvalue weighted by molar-refractivity contribution is -0.121. The predicted molar refractivity (Wildman–Crippen MR) is 68.5 cm³/mol. The Hall–Kier alpha value is -2.50. The minimum atomic E-state index is -0.489. The van der Waals surface area contributed by atoms with Gasteiger partial charge in [0.25, 0.3) is 0 Å². The third kappa shape index (κ3) is 3.04. The summed E-state index contributed by atoms with van der Waals surface area (Å²) < 4.78 is 6.24. The fourth-order valence-corrected chi connectivity index (χ4v) is 1.58. The maximum atomic E-state index is 11.7. The van der Waals surface area contributed by atoms with Crippen LogP contribution in [0.15, 0.2) is 39.8 Å². The van der Waals surface area contributed by atoms with Crippen molar-refractivity contribution < 1.29 is 14.4 Å². The van der Waals surface area contributed by atoms with Crippen molar-refractivity contribution in [1.82, 2.24) is 10.1 Å². The van der Waals surface area contributed by atoms with Crippen LogP contribution in [0, 0.1) is 0 Å². The molecule has 6 heteroatoms. The van der Waals surface area contributed by atoms with Crippen LogP contribution >= 0.6 is 0 Å². The number of nitrogens with one attached hydrogen (secondary N) is 1. The highest BCUT2D eigenvalue weighted by Crippen LogP contribution is 2.18. The Kier molecular flexibility index (Phi) is 3.70. The van der Waals surface area contributed by atoms with Crippen LogP contribution in [0.25, 0.3) is 11.1 Å². The van der Waals surface area contributed by atoms with E-state index < -0.39 is 5.63 Å². The lowest BCUT2D eigenvalue weighted by Gasteiger charge is -2.01. The fraction of sp³-hybridized carbons (Fsp3) is 0.231. The standard InChI is InChI=1S/C13H14N2O4/c1-2-12(17)14-8-15-7-11(13(18)19-15)9-3-5-10(16)6-4-9/h3-7,16H,2,8H2,1H3,(H,14,17). The van der Waals surface area contributed by atoms with E-state index in [1.54, 1.807) is 19.1 Å². The van der Waals surface area contributed by atoms with Crippen molar-refractivity contribution in [1.29, 1.82) is 0 Å². The number of carbonyl (C=O) groups is 1. The predicted octanol–water partition coefficient (Wildman–Crippen LogP) is 1.30. The highest BCUT2D eigenvalue weighted by Gasteiger charge is 2.09. The molecule has 1 aromatic carbocycles. The van der Waals surface area contributed by atoms with Gasteiger partial charge in [0.05, 0.1) is 11.8 Å². The van der Waals surface area contributed by atoms with Gasteiger partial charge in [-0.3, -0.25) is 4.79 Å². The fourth-order valence-electron chi connectivity index (χ4n) is 1.58. The van der Waals surface area contributed by atoms with Crippen molar-refractivity contribution in [2.45, 2.75) is 20.0 Å². The molecule has 0 saturated heterocycles. The van der Waals surface area contributed by atoms with Gasteiger partial charge in [0.1, 0.15) is 12.4 Å². The van der Waals surface area contributed by atoms with Gasteiger partial charge in [0, 0.05) is 6.42 Å². The summed E-state index contributed by atoms with van der Waals surface area (Å²) in [5.41, 5.74) is 0.536. The first-order valence-electron chi connectivity index (χ1n) is 5.87. The number of amides is 1. The van der Waals surface area contributed by atoms with Crippen LogP contribution in [-0.4, -0.2) is 15.8 Å². The smallest absolute Gasteiger partial charge is 0.365 e. The van der Waals surface area contributed by atoms with Crippen LogP contribution in [-0.2, 0) is 11.5 Å². The van der Waals surface area contributed by atoms with E-state index >= 15 is 0 Å². The van der Waals surface area contributed by atoms with Crippen LogP contribution in [0.4, 0.5) is 0 Å². The molecule has 0 unspecified atom stereocenters. The second-order valence-corrected chi connectivity index (χ2v) is 4.00. The van der Waals surface area contributed by atoms with Crippen LogP contribution < -0.4 is 10.9 Å². The summed E-state index contributed by atoms with van der Waals surface area (Å²) in [7, 11) is 0. The first-order chi connectivity index (χ1) is 9.10. The van der Waals surface area contributed by atoms with E-state index in [0.29, 0.717) is 17.5 Å². The normalized spacial score (nSPS) is 10.4. The van der Waals surface area contributed by atoms with Gasteiger partial charge >= 0.3 is 5.63 Å². The van der Waals surface area contributed by atoms with E-state index in [9.17, 15) is 14.7 Å². The molecule has 2 rings (SSSR count). The number of hydrogen-bond donors (Lipinski definition) is 2. The quantitative estimate of drug-likeness (QED) is 0.869. The van der Waals surface area contributed by atoms with Gasteiger partial charge in [0.15, 0.2) is 0 Å². The maximum Gasteiger partial charge on any atom is 0.365 e. The van der Waals surface area contributed by atoms with Gasteiger partial charge in [0.2, 0.25) is 5.91 Å². The molecular weight excluding hydrogens is 248 g/mol. The van der Waals surface area contributed by atoms with Crippen LogP contribution in [0.1, 0.15) is 13.3 Å². The molecule has 0 aliphatic rings. The van der Waals surface area contributed by atoms with Gasteiger partial charge in [-0.15, -0.1) is 0 Å². The number of phenols is 1. The zero-order chi connectivity index (χ0) is 13.8. The largest absolute Gasteiger partial charge is 0.508 e. The lowest BCUT2D eigenvalue weighted by atomic mass is 10.1. The molecule has 1 amide bonds. The molecule has 2 N–H and O–H groups in total. The third-order valence-electron chi connectivity index (χ3n) is 2.62. The number of carbonyl (C=O) groups excluding carboxylic acids is 1. The van der Waals surface area contributed by atoms with E-state index in [1.165, 1.54) is 23.1 Å². The second kappa shape index (κ2) is 5.43. The van der Waals surface area contributed by atoms with Crippen molar-refractivity contribution in [2.75, 3.05) is 0 Å². The summed E-state index contributed by atoms with van der Waals surface area (Å²) in [6, 6.07) is 6.23. The Morgan fingerprint density at radius 3 is 2.68 bits per heavy atom. The number of aromatic hydroxyl groups is 1. The summed E-state index contributed by atoms with van der Waals surface area (Å²) in [6.07, 6.45) is 1.89. The molecule has 2 aromatic rings. The summed E-state index contributed by atoms with van der Waals surface area (Å²) in [5.74, 6) is 0.00492. The molecule has 1 heterocycles. The molecule has 0 aliphatic heterocycles. The van der Waals surface area contributed by atoms with Crippen LogP contribution in [0.3, 0.4) is 0 Å².